The molecule has 1 amide bonds. The van der Waals surface area contributed by atoms with E-state index in [1.54, 1.807) is 12.5 Å². The predicted octanol–water partition coefficient (Wildman–Crippen LogP) is 2.77. The van der Waals surface area contributed by atoms with Crippen molar-refractivity contribution in [3.8, 4) is 5.82 Å². The summed E-state index contributed by atoms with van der Waals surface area (Å²) >= 11 is 0. The highest BCUT2D eigenvalue weighted by Gasteiger charge is 2.21. The van der Waals surface area contributed by atoms with Gasteiger partial charge < -0.3 is 15.4 Å². The Balaban J connectivity index is 1.39. The van der Waals surface area contributed by atoms with E-state index in [2.05, 4.69) is 25.6 Å². The van der Waals surface area contributed by atoms with Crippen LogP contribution in [0.1, 0.15) is 12.8 Å². The molecule has 3 heterocycles. The largest absolute Gasteiger partial charge is 0.381 e. The van der Waals surface area contributed by atoms with Crippen molar-refractivity contribution in [3.63, 3.8) is 0 Å². The molecule has 138 valence electrons. The van der Waals surface area contributed by atoms with Crippen LogP contribution in [0.2, 0.25) is 0 Å². The second-order valence-electron chi connectivity index (χ2n) is 6.31. The van der Waals surface area contributed by atoms with E-state index < -0.39 is 0 Å². The molecule has 0 bridgehead atoms. The fourth-order valence-electron chi connectivity index (χ4n) is 2.94. The zero-order valence-electron chi connectivity index (χ0n) is 14.7. The smallest absolute Gasteiger partial charge is 0.227 e. The van der Waals surface area contributed by atoms with Gasteiger partial charge in [0.05, 0.1) is 0 Å². The molecule has 1 fully saturated rings. The molecule has 0 atom stereocenters. The minimum absolute atomic E-state index is 0.0270. The van der Waals surface area contributed by atoms with Gasteiger partial charge in [0.25, 0.3) is 0 Å². The van der Waals surface area contributed by atoms with Crippen molar-refractivity contribution in [2.24, 2.45) is 5.92 Å². The number of benzene rings is 1. The Kier molecular flexibility index (Phi) is 5.06. The van der Waals surface area contributed by atoms with Crippen LogP contribution in [-0.2, 0) is 9.53 Å². The Morgan fingerprint density at radius 2 is 1.89 bits per heavy atom. The first-order chi connectivity index (χ1) is 13.3. The van der Waals surface area contributed by atoms with E-state index >= 15 is 0 Å². The molecule has 27 heavy (non-hydrogen) atoms. The third-order valence-corrected chi connectivity index (χ3v) is 4.44. The van der Waals surface area contributed by atoms with Gasteiger partial charge in [0.15, 0.2) is 0 Å². The van der Waals surface area contributed by atoms with Gasteiger partial charge in [-0.05, 0) is 37.1 Å². The third-order valence-electron chi connectivity index (χ3n) is 4.44. The third kappa shape index (κ3) is 4.29. The number of rotatable bonds is 5. The minimum Gasteiger partial charge on any atom is -0.381 e. The van der Waals surface area contributed by atoms with Crippen molar-refractivity contribution < 1.29 is 9.53 Å². The summed E-state index contributed by atoms with van der Waals surface area (Å²) in [6, 6.07) is 9.38. The fourth-order valence-corrected chi connectivity index (χ4v) is 2.94. The summed E-state index contributed by atoms with van der Waals surface area (Å²) in [6.45, 7) is 1.31. The lowest BCUT2D eigenvalue weighted by molar-refractivity contribution is -0.122. The summed E-state index contributed by atoms with van der Waals surface area (Å²) in [6.07, 6.45) is 8.25. The van der Waals surface area contributed by atoms with Crippen molar-refractivity contribution >= 4 is 23.1 Å². The summed E-state index contributed by atoms with van der Waals surface area (Å²) in [7, 11) is 0. The Hall–Kier alpha value is -3.26. The van der Waals surface area contributed by atoms with Crippen molar-refractivity contribution in [2.75, 3.05) is 23.8 Å². The van der Waals surface area contributed by atoms with Gasteiger partial charge in [-0.15, -0.1) is 0 Å². The zero-order chi connectivity index (χ0) is 18.5. The maximum Gasteiger partial charge on any atom is 0.227 e. The first-order valence-corrected chi connectivity index (χ1v) is 8.84. The van der Waals surface area contributed by atoms with Gasteiger partial charge in [0, 0.05) is 49.0 Å². The van der Waals surface area contributed by atoms with Crippen LogP contribution in [0.25, 0.3) is 5.82 Å². The molecule has 1 aliphatic rings. The molecule has 0 aliphatic carbocycles. The molecule has 0 saturated carbocycles. The summed E-state index contributed by atoms with van der Waals surface area (Å²) in [5.74, 6) is 1.48. The molecular weight excluding hydrogens is 344 g/mol. The average molecular weight is 364 g/mol. The lowest BCUT2D eigenvalue weighted by Crippen LogP contribution is -2.28. The Labute approximate surface area is 156 Å². The van der Waals surface area contributed by atoms with Crippen LogP contribution in [-0.4, -0.2) is 38.6 Å². The maximum atomic E-state index is 12.3. The normalized spacial score (nSPS) is 14.7. The van der Waals surface area contributed by atoms with E-state index in [4.69, 9.17) is 4.74 Å². The minimum atomic E-state index is 0.0270. The van der Waals surface area contributed by atoms with Crippen molar-refractivity contribution in [3.05, 3.63) is 55.4 Å². The second kappa shape index (κ2) is 7.96. The van der Waals surface area contributed by atoms with E-state index in [0.717, 1.165) is 30.0 Å². The number of nitrogens with one attached hydrogen (secondary N) is 2. The lowest BCUT2D eigenvalue weighted by atomic mass is 9.99. The van der Waals surface area contributed by atoms with E-state index in [0.29, 0.717) is 19.0 Å². The first-order valence-electron chi connectivity index (χ1n) is 8.84. The number of hydrogen-bond acceptors (Lipinski definition) is 6. The fraction of sp³-hybridized carbons (Fsp3) is 0.263. The molecule has 2 N–H and O–H groups in total. The molecule has 4 rings (SSSR count). The molecule has 3 aromatic rings. The summed E-state index contributed by atoms with van der Waals surface area (Å²) < 4.78 is 7.11. The standard InChI is InChI=1S/C19H20N6O2/c26-19(14-5-9-27-10-6-14)24-16-3-1-15(2-4-16)23-17-11-18(22-12-21-17)25-8-7-20-13-25/h1-4,7-8,11-14H,5-6,9-10H2,(H,24,26)(H,21,22,23). The molecule has 2 aromatic heterocycles. The molecule has 0 spiro atoms. The molecule has 0 radical (unpaired) electrons. The van der Waals surface area contributed by atoms with Gasteiger partial charge in [0.2, 0.25) is 5.91 Å². The maximum absolute atomic E-state index is 12.3. The highest BCUT2D eigenvalue weighted by Crippen LogP contribution is 2.21. The van der Waals surface area contributed by atoms with Crippen LogP contribution in [0, 0.1) is 5.92 Å². The number of anilines is 3. The van der Waals surface area contributed by atoms with E-state index in [9.17, 15) is 4.79 Å². The zero-order valence-corrected chi connectivity index (χ0v) is 14.7. The number of ether oxygens (including phenoxy) is 1. The van der Waals surface area contributed by atoms with Crippen molar-refractivity contribution in [1.29, 1.82) is 0 Å². The van der Waals surface area contributed by atoms with E-state index in [1.807, 2.05) is 41.1 Å². The highest BCUT2D eigenvalue weighted by atomic mass is 16.5. The van der Waals surface area contributed by atoms with Gasteiger partial charge in [-0.3, -0.25) is 9.36 Å². The van der Waals surface area contributed by atoms with Crippen LogP contribution in [0.3, 0.4) is 0 Å². The SMILES string of the molecule is O=C(Nc1ccc(Nc2cc(-n3ccnc3)ncn2)cc1)C1CCOCC1. The second-order valence-corrected chi connectivity index (χ2v) is 6.31. The Bertz CT molecular complexity index is 889. The summed E-state index contributed by atoms with van der Waals surface area (Å²) in [4.78, 5) is 24.8. The van der Waals surface area contributed by atoms with Crippen LogP contribution >= 0.6 is 0 Å². The van der Waals surface area contributed by atoms with Crippen LogP contribution in [0.5, 0.6) is 0 Å². The number of carbonyl (C=O) groups is 1. The van der Waals surface area contributed by atoms with E-state index in [1.165, 1.54) is 6.33 Å². The van der Waals surface area contributed by atoms with Gasteiger partial charge in [-0.2, -0.15) is 0 Å². The number of amides is 1. The molecule has 8 heteroatoms. The number of carbonyl (C=O) groups excluding carboxylic acids is 1. The number of nitrogens with zero attached hydrogens (tertiary/aromatic N) is 4. The monoisotopic (exact) mass is 364 g/mol. The quantitative estimate of drug-likeness (QED) is 0.723. The molecule has 8 nitrogen and oxygen atoms in total. The molecule has 1 saturated heterocycles. The summed E-state index contributed by atoms with van der Waals surface area (Å²) in [5.41, 5.74) is 1.65. The lowest BCUT2D eigenvalue weighted by Gasteiger charge is -2.21. The topological polar surface area (TPSA) is 94.0 Å². The van der Waals surface area contributed by atoms with Gasteiger partial charge in [0.1, 0.15) is 24.3 Å². The highest BCUT2D eigenvalue weighted by molar-refractivity contribution is 5.92. The molecular formula is C19H20N6O2. The first kappa shape index (κ1) is 17.2. The van der Waals surface area contributed by atoms with Gasteiger partial charge in [-0.25, -0.2) is 15.0 Å². The van der Waals surface area contributed by atoms with Crippen LogP contribution in [0.15, 0.2) is 55.4 Å². The molecule has 0 unspecified atom stereocenters. The Morgan fingerprint density at radius 1 is 1.11 bits per heavy atom. The van der Waals surface area contributed by atoms with Crippen LogP contribution < -0.4 is 10.6 Å². The average Bonchev–Trinajstić information content (AvgIpc) is 3.25. The predicted molar refractivity (Wildman–Crippen MR) is 101 cm³/mol. The van der Waals surface area contributed by atoms with Gasteiger partial charge >= 0.3 is 0 Å². The van der Waals surface area contributed by atoms with Crippen molar-refractivity contribution in [2.45, 2.75) is 12.8 Å². The number of aromatic nitrogens is 4. The molecule has 1 aromatic carbocycles. The molecule has 1 aliphatic heterocycles. The number of imidazole rings is 1. The Morgan fingerprint density at radius 3 is 2.63 bits per heavy atom. The van der Waals surface area contributed by atoms with Crippen molar-refractivity contribution in [1.82, 2.24) is 19.5 Å². The van der Waals surface area contributed by atoms with Gasteiger partial charge in [-0.1, -0.05) is 0 Å². The van der Waals surface area contributed by atoms with E-state index in [-0.39, 0.29) is 11.8 Å². The van der Waals surface area contributed by atoms with Crippen LogP contribution in [0.4, 0.5) is 17.2 Å². The summed E-state index contributed by atoms with van der Waals surface area (Å²) in [5, 5.41) is 6.21. The number of hydrogen-bond donors (Lipinski definition) is 2.